The molecule has 0 radical (unpaired) electrons. The summed E-state index contributed by atoms with van der Waals surface area (Å²) in [5.74, 6) is 1.54. The minimum Gasteiger partial charge on any atom is -0.396 e. The Balaban J connectivity index is 2.03. The van der Waals surface area contributed by atoms with Crippen molar-refractivity contribution in [3.05, 3.63) is 0 Å². The van der Waals surface area contributed by atoms with Gasteiger partial charge in [-0.3, -0.25) is 0 Å². The molecule has 0 bridgehead atoms. The molecule has 3 heteroatoms. The molecule has 1 saturated heterocycles. The highest BCUT2D eigenvalue weighted by Crippen LogP contribution is 2.15. The number of likely N-dealkylation sites (tertiary alicyclic amines) is 1. The van der Waals surface area contributed by atoms with E-state index in [0.717, 1.165) is 12.3 Å². The van der Waals surface area contributed by atoms with Crippen molar-refractivity contribution in [2.75, 3.05) is 32.0 Å². The summed E-state index contributed by atoms with van der Waals surface area (Å²) in [6.07, 6.45) is 3.64. The number of hydrogen-bond acceptors (Lipinski definition) is 3. The molecule has 2 nitrogen and oxygen atoms in total. The second-order valence-electron chi connectivity index (χ2n) is 3.57. The molecule has 1 aliphatic rings. The quantitative estimate of drug-likeness (QED) is 0.498. The van der Waals surface area contributed by atoms with Gasteiger partial charge < -0.3 is 10.0 Å². The zero-order valence-electron chi connectivity index (χ0n) is 7.58. The molecule has 1 rings (SSSR count). The minimum absolute atomic E-state index is 0.364. The lowest BCUT2D eigenvalue weighted by molar-refractivity contribution is 0.221. The van der Waals surface area contributed by atoms with Gasteiger partial charge in [-0.15, -0.1) is 0 Å². The van der Waals surface area contributed by atoms with Crippen molar-refractivity contribution in [1.82, 2.24) is 4.90 Å². The molecule has 1 atom stereocenters. The van der Waals surface area contributed by atoms with Crippen molar-refractivity contribution in [2.45, 2.75) is 19.3 Å². The van der Waals surface area contributed by atoms with Crippen LogP contribution in [0.5, 0.6) is 0 Å². The summed E-state index contributed by atoms with van der Waals surface area (Å²) in [7, 11) is 0. The molecule has 1 aliphatic heterocycles. The molecule has 72 valence electrons. The van der Waals surface area contributed by atoms with Crippen molar-refractivity contribution in [3.63, 3.8) is 0 Å². The maximum Gasteiger partial charge on any atom is 0.0471 e. The fourth-order valence-electron chi connectivity index (χ4n) is 1.71. The van der Waals surface area contributed by atoms with Gasteiger partial charge in [0.05, 0.1) is 0 Å². The van der Waals surface area contributed by atoms with Crippen LogP contribution in [0.3, 0.4) is 0 Å². The summed E-state index contributed by atoms with van der Waals surface area (Å²) in [5, 5.41) is 8.92. The Hall–Kier alpha value is 0.270. The maximum absolute atomic E-state index is 8.92. The Kier molecular flexibility index (Phi) is 5.04. The molecule has 0 amide bonds. The largest absolute Gasteiger partial charge is 0.396 e. The van der Waals surface area contributed by atoms with Gasteiger partial charge >= 0.3 is 0 Å². The number of hydrogen-bond donors (Lipinski definition) is 2. The van der Waals surface area contributed by atoms with Gasteiger partial charge in [0.2, 0.25) is 0 Å². The molecule has 0 spiro atoms. The predicted octanol–water partition coefficient (Wildman–Crippen LogP) is 1.01. The Morgan fingerprint density at radius 1 is 1.42 bits per heavy atom. The van der Waals surface area contributed by atoms with Gasteiger partial charge in [0, 0.05) is 13.2 Å². The number of thiol groups is 1. The van der Waals surface area contributed by atoms with E-state index in [9.17, 15) is 0 Å². The standard InChI is InChI=1S/C9H19NOS/c11-8-9-3-5-10(7-9)4-1-2-6-12/h9,11-12H,1-8H2. The number of nitrogens with zero attached hydrogens (tertiary/aromatic N) is 1. The normalized spacial score (nSPS) is 25.0. The highest BCUT2D eigenvalue weighted by Gasteiger charge is 2.20. The third kappa shape index (κ3) is 3.33. The van der Waals surface area contributed by atoms with E-state index in [2.05, 4.69) is 17.5 Å². The summed E-state index contributed by atoms with van der Waals surface area (Å²) in [4.78, 5) is 2.45. The average molecular weight is 189 g/mol. The molecule has 0 aromatic rings. The number of aliphatic hydroxyl groups is 1. The molecule has 0 aliphatic carbocycles. The van der Waals surface area contributed by atoms with Gasteiger partial charge in [-0.2, -0.15) is 12.6 Å². The van der Waals surface area contributed by atoms with Gasteiger partial charge in [0.25, 0.3) is 0 Å². The van der Waals surface area contributed by atoms with Gasteiger partial charge in [0.1, 0.15) is 0 Å². The Bertz CT molecular complexity index is 121. The average Bonchev–Trinajstić information content (AvgIpc) is 2.53. The van der Waals surface area contributed by atoms with Crippen molar-refractivity contribution < 1.29 is 5.11 Å². The van der Waals surface area contributed by atoms with Crippen molar-refractivity contribution in [2.24, 2.45) is 5.92 Å². The van der Waals surface area contributed by atoms with Crippen LogP contribution >= 0.6 is 12.6 Å². The lowest BCUT2D eigenvalue weighted by Gasteiger charge is -2.14. The van der Waals surface area contributed by atoms with Gasteiger partial charge in [-0.05, 0) is 44.0 Å². The molecule has 0 saturated carbocycles. The maximum atomic E-state index is 8.92. The fraction of sp³-hybridized carbons (Fsp3) is 1.00. The lowest BCUT2D eigenvalue weighted by Crippen LogP contribution is -2.22. The number of unbranched alkanes of at least 4 members (excludes halogenated alkanes) is 1. The topological polar surface area (TPSA) is 23.5 Å². The van der Waals surface area contributed by atoms with Crippen molar-refractivity contribution in [3.8, 4) is 0 Å². The van der Waals surface area contributed by atoms with Crippen LogP contribution in [0, 0.1) is 5.92 Å². The predicted molar refractivity (Wildman–Crippen MR) is 54.7 cm³/mol. The van der Waals surface area contributed by atoms with E-state index in [-0.39, 0.29) is 0 Å². The molecule has 12 heavy (non-hydrogen) atoms. The molecular formula is C9H19NOS. The summed E-state index contributed by atoms with van der Waals surface area (Å²) in [6.45, 7) is 3.83. The molecular weight excluding hydrogens is 170 g/mol. The lowest BCUT2D eigenvalue weighted by atomic mass is 10.1. The van der Waals surface area contributed by atoms with Gasteiger partial charge in [-0.1, -0.05) is 0 Å². The summed E-state index contributed by atoms with van der Waals surface area (Å²) in [5.41, 5.74) is 0. The Morgan fingerprint density at radius 3 is 2.83 bits per heavy atom. The first-order valence-corrected chi connectivity index (χ1v) is 5.44. The second kappa shape index (κ2) is 5.84. The fourth-order valence-corrected chi connectivity index (χ4v) is 1.94. The van der Waals surface area contributed by atoms with E-state index in [1.807, 2.05) is 0 Å². The number of rotatable bonds is 5. The van der Waals surface area contributed by atoms with Crippen LogP contribution in [-0.4, -0.2) is 42.0 Å². The molecule has 0 aromatic heterocycles. The van der Waals surface area contributed by atoms with E-state index < -0.39 is 0 Å². The van der Waals surface area contributed by atoms with Crippen LogP contribution in [0.2, 0.25) is 0 Å². The Labute approximate surface area is 80.4 Å². The van der Waals surface area contributed by atoms with Crippen LogP contribution in [-0.2, 0) is 0 Å². The molecule has 1 fully saturated rings. The zero-order chi connectivity index (χ0) is 8.81. The monoisotopic (exact) mass is 189 g/mol. The van der Waals surface area contributed by atoms with E-state index in [4.69, 9.17) is 5.11 Å². The van der Waals surface area contributed by atoms with Crippen LogP contribution in [0.15, 0.2) is 0 Å². The molecule has 1 unspecified atom stereocenters. The van der Waals surface area contributed by atoms with Crippen LogP contribution in [0.1, 0.15) is 19.3 Å². The van der Waals surface area contributed by atoms with E-state index in [0.29, 0.717) is 12.5 Å². The van der Waals surface area contributed by atoms with Crippen LogP contribution in [0.4, 0.5) is 0 Å². The minimum atomic E-state index is 0.364. The van der Waals surface area contributed by atoms with E-state index in [1.54, 1.807) is 0 Å². The highest BCUT2D eigenvalue weighted by atomic mass is 32.1. The first kappa shape index (κ1) is 10.4. The summed E-state index contributed by atoms with van der Waals surface area (Å²) < 4.78 is 0. The summed E-state index contributed by atoms with van der Waals surface area (Å²) in [6, 6.07) is 0. The molecule has 1 N–H and O–H groups in total. The van der Waals surface area contributed by atoms with Crippen LogP contribution in [0.25, 0.3) is 0 Å². The third-order valence-corrected chi connectivity index (χ3v) is 2.83. The number of aliphatic hydroxyl groups excluding tert-OH is 1. The Morgan fingerprint density at radius 2 is 2.25 bits per heavy atom. The second-order valence-corrected chi connectivity index (χ2v) is 4.02. The van der Waals surface area contributed by atoms with Gasteiger partial charge in [0.15, 0.2) is 0 Å². The first-order valence-electron chi connectivity index (χ1n) is 4.81. The first-order chi connectivity index (χ1) is 5.86. The third-order valence-electron chi connectivity index (χ3n) is 2.51. The smallest absolute Gasteiger partial charge is 0.0471 e. The molecule has 1 heterocycles. The van der Waals surface area contributed by atoms with Crippen LogP contribution < -0.4 is 0 Å². The highest BCUT2D eigenvalue weighted by molar-refractivity contribution is 7.80. The van der Waals surface area contributed by atoms with Gasteiger partial charge in [-0.25, -0.2) is 0 Å². The SMILES string of the molecule is OCC1CCN(CCCCS)C1. The van der Waals surface area contributed by atoms with E-state index in [1.165, 1.54) is 32.4 Å². The van der Waals surface area contributed by atoms with E-state index >= 15 is 0 Å². The molecule has 0 aromatic carbocycles. The van der Waals surface area contributed by atoms with Crippen molar-refractivity contribution >= 4 is 12.6 Å². The van der Waals surface area contributed by atoms with Crippen molar-refractivity contribution in [1.29, 1.82) is 0 Å². The summed E-state index contributed by atoms with van der Waals surface area (Å²) >= 11 is 4.17. The zero-order valence-corrected chi connectivity index (χ0v) is 8.47.